The summed E-state index contributed by atoms with van der Waals surface area (Å²) < 4.78 is 14.6. The molecule has 4 heteroatoms. The van der Waals surface area contributed by atoms with Gasteiger partial charge in [0.15, 0.2) is 5.82 Å². The van der Waals surface area contributed by atoms with Crippen molar-refractivity contribution in [2.45, 2.75) is 6.42 Å². The Kier molecular flexibility index (Phi) is 2.81. The van der Waals surface area contributed by atoms with E-state index in [0.29, 0.717) is 11.4 Å². The Morgan fingerprint density at radius 2 is 2.31 bits per heavy atom. The Hall–Kier alpha value is -1.97. The summed E-state index contributed by atoms with van der Waals surface area (Å²) >= 11 is 0. The highest BCUT2D eigenvalue weighted by molar-refractivity contribution is 5.94. The molecule has 1 heterocycles. The molecule has 2 rings (SSSR count). The third-order valence-electron chi connectivity index (χ3n) is 2.32. The standard InChI is InChI=1S/C12H11FN2O/c1-15-6-5-14-12(15)11(16)8-9-3-2-4-10(13)7-9/h2-7H,8H2,1H3. The first-order chi connectivity index (χ1) is 7.66. The number of hydrogen-bond acceptors (Lipinski definition) is 2. The molecule has 0 aliphatic rings. The number of benzene rings is 1. The lowest BCUT2D eigenvalue weighted by Crippen LogP contribution is -2.10. The van der Waals surface area contributed by atoms with Crippen molar-refractivity contribution in [3.05, 3.63) is 53.9 Å². The van der Waals surface area contributed by atoms with E-state index in [1.165, 1.54) is 12.1 Å². The zero-order valence-corrected chi connectivity index (χ0v) is 8.85. The summed E-state index contributed by atoms with van der Waals surface area (Å²) in [5.74, 6) is -0.0486. The molecule has 0 amide bonds. The topological polar surface area (TPSA) is 34.9 Å². The molecule has 0 unspecified atom stereocenters. The van der Waals surface area contributed by atoms with Gasteiger partial charge in [-0.25, -0.2) is 9.37 Å². The van der Waals surface area contributed by atoms with E-state index in [2.05, 4.69) is 4.98 Å². The molecule has 3 nitrogen and oxygen atoms in total. The first-order valence-electron chi connectivity index (χ1n) is 4.92. The lowest BCUT2D eigenvalue weighted by molar-refractivity contribution is 0.0980. The van der Waals surface area contributed by atoms with Crippen LogP contribution in [0.4, 0.5) is 4.39 Å². The number of halogens is 1. The summed E-state index contributed by atoms with van der Waals surface area (Å²) in [7, 11) is 1.76. The largest absolute Gasteiger partial charge is 0.332 e. The Morgan fingerprint density at radius 1 is 1.50 bits per heavy atom. The SMILES string of the molecule is Cn1ccnc1C(=O)Cc1cccc(F)c1. The van der Waals surface area contributed by atoms with Crippen molar-refractivity contribution in [3.8, 4) is 0 Å². The van der Waals surface area contributed by atoms with Gasteiger partial charge in [-0.15, -0.1) is 0 Å². The number of nitrogens with zero attached hydrogens (tertiary/aromatic N) is 2. The Balaban J connectivity index is 2.17. The van der Waals surface area contributed by atoms with Gasteiger partial charge in [-0.3, -0.25) is 4.79 Å². The zero-order chi connectivity index (χ0) is 11.5. The van der Waals surface area contributed by atoms with Crippen LogP contribution in [0.5, 0.6) is 0 Å². The van der Waals surface area contributed by atoms with E-state index in [1.54, 1.807) is 36.1 Å². The molecule has 0 N–H and O–H groups in total. The molecule has 1 aromatic carbocycles. The number of rotatable bonds is 3. The predicted octanol–water partition coefficient (Wildman–Crippen LogP) is 1.98. The first-order valence-corrected chi connectivity index (χ1v) is 4.92. The number of imidazole rings is 1. The number of carbonyl (C=O) groups excluding carboxylic acids is 1. The summed E-state index contributed by atoms with van der Waals surface area (Å²) in [4.78, 5) is 15.8. The van der Waals surface area contributed by atoms with Crippen molar-refractivity contribution in [1.29, 1.82) is 0 Å². The molecule has 1 aromatic heterocycles. The van der Waals surface area contributed by atoms with E-state index >= 15 is 0 Å². The molecule has 0 radical (unpaired) electrons. The highest BCUT2D eigenvalue weighted by Gasteiger charge is 2.11. The van der Waals surface area contributed by atoms with Gasteiger partial charge in [-0.2, -0.15) is 0 Å². The monoisotopic (exact) mass is 218 g/mol. The molecule has 0 atom stereocenters. The Labute approximate surface area is 92.5 Å². The molecule has 2 aromatic rings. The molecule has 0 fully saturated rings. The van der Waals surface area contributed by atoms with Crippen molar-refractivity contribution in [3.63, 3.8) is 0 Å². The fourth-order valence-corrected chi connectivity index (χ4v) is 1.55. The number of Topliss-reactive ketones (excluding diaryl/α,β-unsaturated/α-hetero) is 1. The van der Waals surface area contributed by atoms with Gasteiger partial charge >= 0.3 is 0 Å². The molecule has 82 valence electrons. The Morgan fingerprint density at radius 3 is 2.94 bits per heavy atom. The minimum absolute atomic E-state index is 0.113. The van der Waals surface area contributed by atoms with Gasteiger partial charge in [0.25, 0.3) is 0 Å². The van der Waals surface area contributed by atoms with Crippen LogP contribution in [0, 0.1) is 5.82 Å². The minimum atomic E-state index is -0.329. The average molecular weight is 218 g/mol. The van der Waals surface area contributed by atoms with Gasteiger partial charge < -0.3 is 4.57 Å². The second-order valence-electron chi connectivity index (χ2n) is 3.59. The zero-order valence-electron chi connectivity index (χ0n) is 8.85. The highest BCUT2D eigenvalue weighted by atomic mass is 19.1. The van der Waals surface area contributed by atoms with Crippen molar-refractivity contribution < 1.29 is 9.18 Å². The molecule has 16 heavy (non-hydrogen) atoms. The van der Waals surface area contributed by atoms with E-state index in [1.807, 2.05) is 0 Å². The maximum absolute atomic E-state index is 12.9. The smallest absolute Gasteiger partial charge is 0.202 e. The molecule has 0 aliphatic heterocycles. The molecular formula is C12H11FN2O. The van der Waals surface area contributed by atoms with Crippen molar-refractivity contribution in [2.75, 3.05) is 0 Å². The lowest BCUT2D eigenvalue weighted by Gasteiger charge is -2.01. The quantitative estimate of drug-likeness (QED) is 0.738. The molecule has 0 bridgehead atoms. The highest BCUT2D eigenvalue weighted by Crippen LogP contribution is 2.07. The minimum Gasteiger partial charge on any atom is -0.332 e. The summed E-state index contributed by atoms with van der Waals surface area (Å²) in [5, 5.41) is 0. The summed E-state index contributed by atoms with van der Waals surface area (Å²) in [6, 6.07) is 6.04. The predicted molar refractivity (Wildman–Crippen MR) is 57.6 cm³/mol. The van der Waals surface area contributed by atoms with Crippen molar-refractivity contribution in [1.82, 2.24) is 9.55 Å². The number of aryl methyl sites for hydroxylation is 1. The fourth-order valence-electron chi connectivity index (χ4n) is 1.55. The van der Waals surface area contributed by atoms with Crippen LogP contribution in [0.2, 0.25) is 0 Å². The van der Waals surface area contributed by atoms with E-state index in [-0.39, 0.29) is 18.0 Å². The summed E-state index contributed by atoms with van der Waals surface area (Å²) in [5.41, 5.74) is 0.660. The summed E-state index contributed by atoms with van der Waals surface area (Å²) in [6.45, 7) is 0. The molecular weight excluding hydrogens is 207 g/mol. The third-order valence-corrected chi connectivity index (χ3v) is 2.32. The number of aromatic nitrogens is 2. The van der Waals surface area contributed by atoms with Crippen LogP contribution in [0.1, 0.15) is 16.2 Å². The maximum atomic E-state index is 12.9. The average Bonchev–Trinajstić information content (AvgIpc) is 2.64. The van der Waals surface area contributed by atoms with Gasteiger partial charge in [0.2, 0.25) is 5.78 Å². The van der Waals surface area contributed by atoms with Gasteiger partial charge in [-0.05, 0) is 17.7 Å². The van der Waals surface area contributed by atoms with Crippen LogP contribution < -0.4 is 0 Å². The van der Waals surface area contributed by atoms with Crippen LogP contribution in [0.25, 0.3) is 0 Å². The van der Waals surface area contributed by atoms with Gasteiger partial charge in [0, 0.05) is 25.9 Å². The van der Waals surface area contributed by atoms with E-state index in [4.69, 9.17) is 0 Å². The van der Waals surface area contributed by atoms with Crippen molar-refractivity contribution in [2.24, 2.45) is 7.05 Å². The first kappa shape index (κ1) is 10.5. The van der Waals surface area contributed by atoms with Crippen LogP contribution in [-0.2, 0) is 13.5 Å². The van der Waals surface area contributed by atoms with Crippen LogP contribution in [-0.4, -0.2) is 15.3 Å². The van der Waals surface area contributed by atoms with Crippen molar-refractivity contribution >= 4 is 5.78 Å². The molecule has 0 saturated heterocycles. The van der Waals surface area contributed by atoms with Gasteiger partial charge in [-0.1, -0.05) is 12.1 Å². The normalized spacial score (nSPS) is 10.4. The third kappa shape index (κ3) is 2.16. The number of carbonyl (C=O) groups is 1. The second-order valence-corrected chi connectivity index (χ2v) is 3.59. The van der Waals surface area contributed by atoms with Gasteiger partial charge in [0.05, 0.1) is 0 Å². The maximum Gasteiger partial charge on any atom is 0.202 e. The lowest BCUT2D eigenvalue weighted by atomic mass is 10.1. The molecule has 0 spiro atoms. The fraction of sp³-hybridized carbons (Fsp3) is 0.167. The summed E-state index contributed by atoms with van der Waals surface area (Å²) in [6.07, 6.45) is 3.44. The van der Waals surface area contributed by atoms with E-state index in [9.17, 15) is 9.18 Å². The Bertz CT molecular complexity index is 519. The molecule has 0 saturated carbocycles. The van der Waals surface area contributed by atoms with Crippen LogP contribution >= 0.6 is 0 Å². The van der Waals surface area contributed by atoms with Crippen LogP contribution in [0.3, 0.4) is 0 Å². The van der Waals surface area contributed by atoms with Gasteiger partial charge in [0.1, 0.15) is 5.82 Å². The number of hydrogen-bond donors (Lipinski definition) is 0. The van der Waals surface area contributed by atoms with Crippen LogP contribution in [0.15, 0.2) is 36.7 Å². The number of ketones is 1. The van der Waals surface area contributed by atoms with E-state index < -0.39 is 0 Å². The molecule has 0 aliphatic carbocycles. The second kappa shape index (κ2) is 4.26. The van der Waals surface area contributed by atoms with E-state index in [0.717, 1.165) is 0 Å².